The molecule has 0 saturated heterocycles. The van der Waals surface area contributed by atoms with E-state index in [-0.39, 0.29) is 12.0 Å². The van der Waals surface area contributed by atoms with Gasteiger partial charge in [0, 0.05) is 31.3 Å². The molecular formula is C17H16F2N4O2. The Kier molecular flexibility index (Phi) is 4.71. The van der Waals surface area contributed by atoms with Crippen molar-refractivity contribution in [2.45, 2.75) is 19.0 Å². The van der Waals surface area contributed by atoms with Crippen LogP contribution in [-0.2, 0) is 18.4 Å². The molecule has 1 aromatic heterocycles. The lowest BCUT2D eigenvalue weighted by atomic mass is 10.0. The summed E-state index contributed by atoms with van der Waals surface area (Å²) in [5.41, 5.74) is 2.55. The Labute approximate surface area is 142 Å². The maximum Gasteiger partial charge on any atom is 0.305 e. The molecule has 2 N–H and O–H groups in total. The predicted octanol–water partition coefficient (Wildman–Crippen LogP) is 2.55. The fourth-order valence-corrected chi connectivity index (χ4v) is 2.69. The molecule has 3 aromatic rings. The van der Waals surface area contributed by atoms with Crippen molar-refractivity contribution >= 4 is 17.0 Å². The highest BCUT2D eigenvalue weighted by molar-refractivity contribution is 5.74. The van der Waals surface area contributed by atoms with E-state index < -0.39 is 23.6 Å². The van der Waals surface area contributed by atoms with Crippen molar-refractivity contribution in [2.75, 3.05) is 0 Å². The van der Waals surface area contributed by atoms with Gasteiger partial charge in [-0.05, 0) is 23.8 Å². The molecular weight excluding hydrogens is 330 g/mol. The third-order valence-electron chi connectivity index (χ3n) is 3.94. The number of fused-ring (bicyclic) bond motifs is 1. The van der Waals surface area contributed by atoms with Gasteiger partial charge in [0.1, 0.15) is 17.2 Å². The number of hydrogen-bond donors (Lipinski definition) is 2. The minimum absolute atomic E-state index is 0.115. The smallest absolute Gasteiger partial charge is 0.305 e. The largest absolute Gasteiger partial charge is 0.481 e. The Balaban J connectivity index is 1.80. The SMILES string of the molecule is Cn1nnc2cc(CNC(CC(=O)O)c3ccc(F)cc3F)ccc21. The molecule has 0 aliphatic rings. The normalized spacial score (nSPS) is 12.4. The summed E-state index contributed by atoms with van der Waals surface area (Å²) in [6.45, 7) is 0.307. The molecule has 0 amide bonds. The van der Waals surface area contributed by atoms with E-state index in [9.17, 15) is 13.6 Å². The molecule has 25 heavy (non-hydrogen) atoms. The van der Waals surface area contributed by atoms with E-state index in [0.29, 0.717) is 12.1 Å². The lowest BCUT2D eigenvalue weighted by Crippen LogP contribution is -2.24. The number of aliphatic carboxylic acids is 1. The van der Waals surface area contributed by atoms with Crippen LogP contribution in [0.15, 0.2) is 36.4 Å². The zero-order valence-corrected chi connectivity index (χ0v) is 13.4. The molecule has 1 heterocycles. The highest BCUT2D eigenvalue weighted by Crippen LogP contribution is 2.22. The van der Waals surface area contributed by atoms with Crippen LogP contribution in [0.25, 0.3) is 11.0 Å². The fraction of sp³-hybridized carbons (Fsp3) is 0.235. The van der Waals surface area contributed by atoms with Gasteiger partial charge in [-0.25, -0.2) is 13.5 Å². The number of halogens is 2. The average molecular weight is 346 g/mol. The van der Waals surface area contributed by atoms with E-state index in [1.54, 1.807) is 11.7 Å². The molecule has 6 nitrogen and oxygen atoms in total. The summed E-state index contributed by atoms with van der Waals surface area (Å²) in [6, 6.07) is 7.88. The Bertz CT molecular complexity index is 926. The van der Waals surface area contributed by atoms with Crippen LogP contribution in [0.3, 0.4) is 0 Å². The van der Waals surface area contributed by atoms with Crippen molar-refractivity contribution in [3.63, 3.8) is 0 Å². The van der Waals surface area contributed by atoms with Gasteiger partial charge >= 0.3 is 5.97 Å². The van der Waals surface area contributed by atoms with Crippen LogP contribution in [-0.4, -0.2) is 26.1 Å². The number of nitrogens with zero attached hydrogens (tertiary/aromatic N) is 3. The molecule has 2 aromatic carbocycles. The standard InChI is InChI=1S/C17H16F2N4O2/c1-23-16-5-2-10(6-15(16)21-22-23)9-20-14(8-17(24)25)12-4-3-11(18)7-13(12)19/h2-7,14,20H,8-9H2,1H3,(H,24,25). The monoisotopic (exact) mass is 346 g/mol. The van der Waals surface area contributed by atoms with Crippen molar-refractivity contribution in [1.82, 2.24) is 20.3 Å². The summed E-state index contributed by atoms with van der Waals surface area (Å²) in [6.07, 6.45) is -0.323. The Morgan fingerprint density at radius 3 is 2.80 bits per heavy atom. The summed E-state index contributed by atoms with van der Waals surface area (Å²) in [5.74, 6) is -2.56. The lowest BCUT2D eigenvalue weighted by Gasteiger charge is -2.18. The first-order valence-corrected chi connectivity index (χ1v) is 7.62. The second-order valence-corrected chi connectivity index (χ2v) is 5.73. The number of aryl methyl sites for hydroxylation is 1. The van der Waals surface area contributed by atoms with Gasteiger partial charge in [-0.3, -0.25) is 4.79 Å². The van der Waals surface area contributed by atoms with Gasteiger partial charge in [0.2, 0.25) is 0 Å². The van der Waals surface area contributed by atoms with Crippen LogP contribution in [0, 0.1) is 11.6 Å². The molecule has 0 radical (unpaired) electrons. The number of nitrogens with one attached hydrogen (secondary N) is 1. The molecule has 0 spiro atoms. The number of carbonyl (C=O) groups is 1. The van der Waals surface area contributed by atoms with E-state index in [1.807, 2.05) is 18.2 Å². The summed E-state index contributed by atoms with van der Waals surface area (Å²) in [5, 5.41) is 20.0. The molecule has 0 saturated carbocycles. The Morgan fingerprint density at radius 1 is 1.28 bits per heavy atom. The fourth-order valence-electron chi connectivity index (χ4n) is 2.69. The van der Waals surface area contributed by atoms with Crippen LogP contribution >= 0.6 is 0 Å². The van der Waals surface area contributed by atoms with Crippen molar-refractivity contribution in [2.24, 2.45) is 7.05 Å². The number of benzene rings is 2. The molecule has 0 aliphatic heterocycles. The summed E-state index contributed by atoms with van der Waals surface area (Å²) in [7, 11) is 1.79. The minimum atomic E-state index is -1.08. The molecule has 0 aliphatic carbocycles. The molecule has 1 unspecified atom stereocenters. The quantitative estimate of drug-likeness (QED) is 0.717. The van der Waals surface area contributed by atoms with E-state index in [1.165, 1.54) is 6.07 Å². The highest BCUT2D eigenvalue weighted by atomic mass is 19.1. The van der Waals surface area contributed by atoms with Crippen LogP contribution in [0.5, 0.6) is 0 Å². The third kappa shape index (κ3) is 3.80. The Hall–Kier alpha value is -2.87. The van der Waals surface area contributed by atoms with Gasteiger partial charge < -0.3 is 10.4 Å². The number of carboxylic acid groups (broad SMARTS) is 1. The first-order chi connectivity index (χ1) is 11.9. The topological polar surface area (TPSA) is 80.0 Å². The molecule has 0 bridgehead atoms. The second-order valence-electron chi connectivity index (χ2n) is 5.73. The highest BCUT2D eigenvalue weighted by Gasteiger charge is 2.19. The maximum atomic E-state index is 14.0. The van der Waals surface area contributed by atoms with Crippen LogP contribution in [0.2, 0.25) is 0 Å². The van der Waals surface area contributed by atoms with Gasteiger partial charge in [-0.2, -0.15) is 0 Å². The molecule has 1 atom stereocenters. The second kappa shape index (κ2) is 6.94. The number of rotatable bonds is 6. The predicted molar refractivity (Wildman–Crippen MR) is 86.7 cm³/mol. The van der Waals surface area contributed by atoms with E-state index in [0.717, 1.165) is 23.2 Å². The number of hydrogen-bond acceptors (Lipinski definition) is 4. The molecule has 0 fully saturated rings. The van der Waals surface area contributed by atoms with Gasteiger partial charge in [-0.15, -0.1) is 5.10 Å². The zero-order chi connectivity index (χ0) is 18.0. The van der Waals surface area contributed by atoms with E-state index in [4.69, 9.17) is 5.11 Å². The van der Waals surface area contributed by atoms with Crippen molar-refractivity contribution in [3.8, 4) is 0 Å². The van der Waals surface area contributed by atoms with Gasteiger partial charge in [0.05, 0.1) is 11.9 Å². The number of aromatic nitrogens is 3. The summed E-state index contributed by atoms with van der Waals surface area (Å²) >= 11 is 0. The van der Waals surface area contributed by atoms with E-state index in [2.05, 4.69) is 15.6 Å². The van der Waals surface area contributed by atoms with E-state index >= 15 is 0 Å². The molecule has 3 rings (SSSR count). The first-order valence-electron chi connectivity index (χ1n) is 7.62. The minimum Gasteiger partial charge on any atom is -0.481 e. The van der Waals surface area contributed by atoms with Gasteiger partial charge in [0.25, 0.3) is 0 Å². The molecule has 130 valence electrons. The number of carboxylic acids is 1. The molecule has 8 heteroatoms. The van der Waals surface area contributed by atoms with Crippen molar-refractivity contribution in [3.05, 3.63) is 59.2 Å². The zero-order valence-electron chi connectivity index (χ0n) is 13.4. The third-order valence-corrected chi connectivity index (χ3v) is 3.94. The first kappa shape index (κ1) is 17.0. The lowest BCUT2D eigenvalue weighted by molar-refractivity contribution is -0.137. The summed E-state index contributed by atoms with van der Waals surface area (Å²) < 4.78 is 28.7. The van der Waals surface area contributed by atoms with Gasteiger partial charge in [-0.1, -0.05) is 17.3 Å². The summed E-state index contributed by atoms with van der Waals surface area (Å²) in [4.78, 5) is 11.1. The van der Waals surface area contributed by atoms with Crippen LogP contribution < -0.4 is 5.32 Å². The van der Waals surface area contributed by atoms with Crippen LogP contribution in [0.1, 0.15) is 23.6 Å². The van der Waals surface area contributed by atoms with Gasteiger partial charge in [0.15, 0.2) is 0 Å². The van der Waals surface area contributed by atoms with Crippen molar-refractivity contribution in [1.29, 1.82) is 0 Å². The van der Waals surface area contributed by atoms with Crippen molar-refractivity contribution < 1.29 is 18.7 Å². The maximum absolute atomic E-state index is 14.0. The average Bonchev–Trinajstić information content (AvgIpc) is 2.92. The Morgan fingerprint density at radius 2 is 2.08 bits per heavy atom. The van der Waals surface area contributed by atoms with Crippen LogP contribution in [0.4, 0.5) is 8.78 Å².